The molecule has 0 radical (unpaired) electrons. The van der Waals surface area contributed by atoms with Gasteiger partial charge in [0.05, 0.1) is 28.8 Å². The SMILES string of the molecule is Cc1cncc(-c2cccc3nc([C@H](C)Nc4nc(N)ncc4C#N)n(-c4cccc(F)c4)c(=O)c23)c1. The van der Waals surface area contributed by atoms with E-state index in [1.54, 1.807) is 31.5 Å². The third-order valence-corrected chi connectivity index (χ3v) is 5.84. The van der Waals surface area contributed by atoms with Crippen LogP contribution < -0.4 is 16.6 Å². The Kier molecular flexibility index (Phi) is 6.03. The fourth-order valence-electron chi connectivity index (χ4n) is 4.20. The number of nitrogens with one attached hydrogen (secondary N) is 1. The summed E-state index contributed by atoms with van der Waals surface area (Å²) >= 11 is 0. The number of aromatic nitrogens is 5. The summed E-state index contributed by atoms with van der Waals surface area (Å²) in [7, 11) is 0. The average molecular weight is 493 g/mol. The molecule has 9 nitrogen and oxygen atoms in total. The number of rotatable bonds is 5. The number of hydrogen-bond donors (Lipinski definition) is 2. The van der Waals surface area contributed by atoms with E-state index >= 15 is 0 Å². The Balaban J connectivity index is 1.77. The Hall–Kier alpha value is -5.17. The maximum absolute atomic E-state index is 14.3. The number of fused-ring (bicyclic) bond motifs is 1. The smallest absolute Gasteiger partial charge is 0.266 e. The molecule has 0 aliphatic carbocycles. The van der Waals surface area contributed by atoms with Gasteiger partial charge in [-0.25, -0.2) is 14.4 Å². The molecule has 2 aromatic carbocycles. The summed E-state index contributed by atoms with van der Waals surface area (Å²) in [6.07, 6.45) is 4.74. The summed E-state index contributed by atoms with van der Waals surface area (Å²) in [6.45, 7) is 3.68. The maximum atomic E-state index is 14.3. The molecule has 5 rings (SSSR count). The van der Waals surface area contributed by atoms with Crippen molar-refractivity contribution >= 4 is 22.7 Å². The van der Waals surface area contributed by atoms with E-state index in [0.717, 1.165) is 11.1 Å². The van der Waals surface area contributed by atoms with Gasteiger partial charge in [0.2, 0.25) is 5.95 Å². The minimum Gasteiger partial charge on any atom is -0.368 e. The molecule has 0 saturated heterocycles. The van der Waals surface area contributed by atoms with E-state index < -0.39 is 11.9 Å². The fourth-order valence-corrected chi connectivity index (χ4v) is 4.20. The molecule has 0 spiro atoms. The van der Waals surface area contributed by atoms with Crippen LogP contribution in [0.25, 0.3) is 27.7 Å². The van der Waals surface area contributed by atoms with Crippen molar-refractivity contribution in [1.29, 1.82) is 5.26 Å². The van der Waals surface area contributed by atoms with Gasteiger partial charge >= 0.3 is 0 Å². The first kappa shape index (κ1) is 23.6. The molecule has 0 aliphatic rings. The van der Waals surface area contributed by atoms with Crippen LogP contribution in [-0.2, 0) is 0 Å². The molecule has 3 aromatic heterocycles. The van der Waals surface area contributed by atoms with Crippen molar-refractivity contribution in [1.82, 2.24) is 24.5 Å². The number of benzene rings is 2. The summed E-state index contributed by atoms with van der Waals surface area (Å²) in [5.74, 6) is -0.0208. The number of nitrogens with zero attached hydrogens (tertiary/aromatic N) is 6. The van der Waals surface area contributed by atoms with Gasteiger partial charge in [0, 0.05) is 18.0 Å². The van der Waals surface area contributed by atoms with Crippen LogP contribution in [0.15, 0.2) is 71.9 Å². The molecular weight excluding hydrogens is 471 g/mol. The van der Waals surface area contributed by atoms with Gasteiger partial charge in [-0.05, 0) is 55.3 Å². The lowest BCUT2D eigenvalue weighted by atomic mass is 10.0. The third-order valence-electron chi connectivity index (χ3n) is 5.84. The molecule has 3 heterocycles. The molecule has 0 saturated carbocycles. The Morgan fingerprint density at radius 2 is 1.92 bits per heavy atom. The van der Waals surface area contributed by atoms with Gasteiger partial charge in [-0.2, -0.15) is 10.2 Å². The van der Waals surface area contributed by atoms with E-state index in [-0.39, 0.29) is 22.9 Å². The largest absolute Gasteiger partial charge is 0.368 e. The van der Waals surface area contributed by atoms with Gasteiger partial charge < -0.3 is 11.1 Å². The lowest BCUT2D eigenvalue weighted by Crippen LogP contribution is -2.28. The average Bonchev–Trinajstić information content (AvgIpc) is 2.88. The zero-order valence-electron chi connectivity index (χ0n) is 20.0. The van der Waals surface area contributed by atoms with Gasteiger partial charge in [-0.1, -0.05) is 18.2 Å². The van der Waals surface area contributed by atoms with Crippen LogP contribution in [0.5, 0.6) is 0 Å². The standard InChI is InChI=1S/C27H21FN8O/c1-15-9-17(13-31-12-15)21-7-4-8-22-23(21)26(37)36(20-6-3-5-19(28)10-20)25(34-22)16(2)33-24-18(11-29)14-32-27(30)35-24/h3-10,12-14,16H,1-2H3,(H3,30,32,33,35)/t16-/m0/s1. The lowest BCUT2D eigenvalue weighted by molar-refractivity contribution is 0.624. The number of anilines is 2. The summed E-state index contributed by atoms with van der Waals surface area (Å²) in [4.78, 5) is 31.2. The van der Waals surface area contributed by atoms with Crippen molar-refractivity contribution in [3.63, 3.8) is 0 Å². The summed E-state index contributed by atoms with van der Waals surface area (Å²) in [5.41, 5.74) is 8.67. The molecule has 5 aromatic rings. The minimum atomic E-state index is -0.633. The first-order valence-electron chi connectivity index (χ1n) is 11.4. The second kappa shape index (κ2) is 9.47. The highest BCUT2D eigenvalue weighted by molar-refractivity contribution is 5.94. The van der Waals surface area contributed by atoms with Crippen LogP contribution in [0.2, 0.25) is 0 Å². The van der Waals surface area contributed by atoms with Gasteiger partial charge in [-0.15, -0.1) is 0 Å². The van der Waals surface area contributed by atoms with E-state index in [9.17, 15) is 14.4 Å². The monoisotopic (exact) mass is 492 g/mol. The first-order valence-corrected chi connectivity index (χ1v) is 11.4. The van der Waals surface area contributed by atoms with Crippen LogP contribution >= 0.6 is 0 Å². The summed E-state index contributed by atoms with van der Waals surface area (Å²) < 4.78 is 15.7. The molecule has 0 amide bonds. The van der Waals surface area contributed by atoms with E-state index in [1.165, 1.54) is 29.0 Å². The van der Waals surface area contributed by atoms with Gasteiger partial charge in [-0.3, -0.25) is 14.3 Å². The molecular formula is C27H21FN8O. The molecule has 10 heteroatoms. The first-order chi connectivity index (χ1) is 17.9. The molecule has 182 valence electrons. The highest BCUT2D eigenvalue weighted by Crippen LogP contribution is 2.28. The van der Waals surface area contributed by atoms with Crippen molar-refractivity contribution in [3.8, 4) is 22.9 Å². The fraction of sp³-hybridized carbons (Fsp3) is 0.111. The van der Waals surface area contributed by atoms with Crippen molar-refractivity contribution in [2.24, 2.45) is 0 Å². The van der Waals surface area contributed by atoms with Crippen LogP contribution in [-0.4, -0.2) is 24.5 Å². The predicted octanol–water partition coefficient (Wildman–Crippen LogP) is 4.31. The second-order valence-electron chi connectivity index (χ2n) is 8.51. The van der Waals surface area contributed by atoms with Gasteiger partial charge in [0.25, 0.3) is 5.56 Å². The zero-order valence-corrected chi connectivity index (χ0v) is 20.0. The van der Waals surface area contributed by atoms with Crippen molar-refractivity contribution < 1.29 is 4.39 Å². The molecule has 0 fully saturated rings. The summed E-state index contributed by atoms with van der Waals surface area (Å²) in [5, 5.41) is 13.0. The molecule has 3 N–H and O–H groups in total. The number of nitriles is 1. The maximum Gasteiger partial charge on any atom is 0.266 e. The lowest BCUT2D eigenvalue weighted by Gasteiger charge is -2.21. The summed E-state index contributed by atoms with van der Waals surface area (Å²) in [6, 6.07) is 14.5. The zero-order chi connectivity index (χ0) is 26.1. The Morgan fingerprint density at radius 3 is 2.68 bits per heavy atom. The normalized spacial score (nSPS) is 11.7. The number of nitrogens with two attached hydrogens (primary N) is 1. The van der Waals surface area contributed by atoms with Crippen molar-refractivity contribution in [3.05, 3.63) is 100 Å². The minimum absolute atomic E-state index is 0.0147. The highest BCUT2D eigenvalue weighted by atomic mass is 19.1. The topological polar surface area (TPSA) is 135 Å². The van der Waals surface area contributed by atoms with Crippen LogP contribution in [0.4, 0.5) is 16.2 Å². The second-order valence-corrected chi connectivity index (χ2v) is 8.51. The number of aryl methyl sites for hydroxylation is 1. The van der Waals surface area contributed by atoms with Crippen molar-refractivity contribution in [2.45, 2.75) is 19.9 Å². The third kappa shape index (κ3) is 4.46. The number of halogens is 1. The Labute approximate surface area is 211 Å². The number of hydrogen-bond acceptors (Lipinski definition) is 8. The van der Waals surface area contributed by atoms with E-state index in [0.29, 0.717) is 28.0 Å². The van der Waals surface area contributed by atoms with Crippen molar-refractivity contribution in [2.75, 3.05) is 11.1 Å². The number of pyridine rings is 1. The quantitative estimate of drug-likeness (QED) is 0.370. The van der Waals surface area contributed by atoms with Crippen LogP contribution in [0.1, 0.15) is 29.9 Å². The van der Waals surface area contributed by atoms with Gasteiger partial charge in [0.1, 0.15) is 29.1 Å². The van der Waals surface area contributed by atoms with E-state index in [2.05, 4.69) is 20.3 Å². The highest BCUT2D eigenvalue weighted by Gasteiger charge is 2.22. The van der Waals surface area contributed by atoms with Crippen LogP contribution in [0, 0.1) is 24.1 Å². The molecule has 0 aliphatic heterocycles. The van der Waals surface area contributed by atoms with Crippen LogP contribution in [0.3, 0.4) is 0 Å². The number of nitrogen functional groups attached to an aromatic ring is 1. The molecule has 37 heavy (non-hydrogen) atoms. The Morgan fingerprint density at radius 1 is 1.11 bits per heavy atom. The predicted molar refractivity (Wildman–Crippen MR) is 138 cm³/mol. The van der Waals surface area contributed by atoms with E-state index in [4.69, 9.17) is 10.7 Å². The molecule has 0 unspecified atom stereocenters. The Bertz CT molecular complexity index is 1760. The molecule has 0 bridgehead atoms. The van der Waals surface area contributed by atoms with E-state index in [1.807, 2.05) is 31.2 Å². The van der Waals surface area contributed by atoms with Gasteiger partial charge in [0.15, 0.2) is 0 Å². The molecule has 1 atom stereocenters.